The minimum absolute atomic E-state index is 0.0742. The third-order valence-corrected chi connectivity index (χ3v) is 6.47. The highest BCUT2D eigenvalue weighted by Gasteiger charge is 2.42. The summed E-state index contributed by atoms with van der Waals surface area (Å²) in [5, 5.41) is 6.24. The molecule has 1 aliphatic heterocycles. The summed E-state index contributed by atoms with van der Waals surface area (Å²) in [5.74, 6) is -0.187. The van der Waals surface area contributed by atoms with Crippen molar-refractivity contribution in [2.24, 2.45) is 0 Å². The van der Waals surface area contributed by atoms with Crippen LogP contribution in [-0.2, 0) is 14.9 Å². The molecule has 0 atom stereocenters. The average molecular weight is 407 g/mol. The highest BCUT2D eigenvalue weighted by molar-refractivity contribution is 6.06. The van der Waals surface area contributed by atoms with Gasteiger partial charge in [-0.25, -0.2) is 0 Å². The average Bonchev–Trinajstić information content (AvgIpc) is 2.81. The molecule has 1 heterocycles. The van der Waals surface area contributed by atoms with E-state index in [1.54, 1.807) is 6.07 Å². The summed E-state index contributed by atoms with van der Waals surface area (Å²) in [6.07, 6.45) is 6.85. The van der Waals surface area contributed by atoms with Crippen molar-refractivity contribution in [1.29, 1.82) is 0 Å². The van der Waals surface area contributed by atoms with Gasteiger partial charge in [0.15, 0.2) is 0 Å². The summed E-state index contributed by atoms with van der Waals surface area (Å²) < 4.78 is 5.55. The van der Waals surface area contributed by atoms with E-state index in [0.29, 0.717) is 37.3 Å². The minimum atomic E-state index is -0.646. The van der Waals surface area contributed by atoms with Crippen molar-refractivity contribution >= 4 is 17.5 Å². The molecule has 2 fully saturated rings. The Morgan fingerprint density at radius 2 is 1.53 bits per heavy atom. The van der Waals surface area contributed by atoms with Crippen molar-refractivity contribution in [3.05, 3.63) is 65.7 Å². The third kappa shape index (κ3) is 4.41. The van der Waals surface area contributed by atoms with Gasteiger partial charge in [0.2, 0.25) is 5.91 Å². The number of benzene rings is 2. The maximum absolute atomic E-state index is 13.6. The fourth-order valence-corrected chi connectivity index (χ4v) is 4.67. The van der Waals surface area contributed by atoms with Gasteiger partial charge < -0.3 is 15.4 Å². The number of hydrogen-bond acceptors (Lipinski definition) is 3. The van der Waals surface area contributed by atoms with Crippen LogP contribution in [0.5, 0.6) is 0 Å². The van der Waals surface area contributed by atoms with Gasteiger partial charge in [-0.2, -0.15) is 0 Å². The number of amides is 2. The number of carbonyl (C=O) groups is 2. The fourth-order valence-electron chi connectivity index (χ4n) is 4.67. The van der Waals surface area contributed by atoms with Crippen LogP contribution in [0.2, 0.25) is 0 Å². The van der Waals surface area contributed by atoms with E-state index < -0.39 is 5.41 Å². The zero-order valence-electron chi connectivity index (χ0n) is 17.4. The van der Waals surface area contributed by atoms with Crippen LogP contribution in [0.15, 0.2) is 54.6 Å². The summed E-state index contributed by atoms with van der Waals surface area (Å²) >= 11 is 0. The van der Waals surface area contributed by atoms with E-state index in [1.807, 2.05) is 48.5 Å². The Morgan fingerprint density at radius 3 is 2.27 bits per heavy atom. The molecule has 5 heteroatoms. The second-order valence-electron chi connectivity index (χ2n) is 8.37. The number of ether oxygens (including phenoxy) is 1. The SMILES string of the molecule is O=C(NC1CCCCC1)c1ccccc1NC(=O)C1(c2ccccc2)CCOCC1. The van der Waals surface area contributed by atoms with Crippen LogP contribution < -0.4 is 10.6 Å². The van der Waals surface area contributed by atoms with Gasteiger partial charge in [-0.3, -0.25) is 9.59 Å². The minimum Gasteiger partial charge on any atom is -0.381 e. The van der Waals surface area contributed by atoms with Crippen LogP contribution in [0.4, 0.5) is 5.69 Å². The molecule has 1 aliphatic carbocycles. The molecule has 0 bridgehead atoms. The lowest BCUT2D eigenvalue weighted by Crippen LogP contribution is -2.45. The van der Waals surface area contributed by atoms with E-state index in [-0.39, 0.29) is 17.9 Å². The Balaban J connectivity index is 1.56. The molecule has 2 aromatic rings. The van der Waals surface area contributed by atoms with E-state index in [9.17, 15) is 9.59 Å². The number of rotatable bonds is 5. The van der Waals surface area contributed by atoms with Crippen molar-refractivity contribution in [3.8, 4) is 0 Å². The molecule has 2 amide bonds. The Hall–Kier alpha value is -2.66. The molecule has 1 saturated heterocycles. The Morgan fingerprint density at radius 1 is 0.867 bits per heavy atom. The molecule has 1 saturated carbocycles. The van der Waals surface area contributed by atoms with Crippen LogP contribution in [-0.4, -0.2) is 31.1 Å². The normalized spacial score (nSPS) is 19.1. The van der Waals surface area contributed by atoms with E-state index in [2.05, 4.69) is 10.6 Å². The highest BCUT2D eigenvalue weighted by Crippen LogP contribution is 2.36. The zero-order chi connectivity index (χ0) is 20.8. The molecule has 0 spiro atoms. The van der Waals surface area contributed by atoms with Gasteiger partial charge in [-0.05, 0) is 43.4 Å². The lowest BCUT2D eigenvalue weighted by molar-refractivity contribution is -0.125. The Labute approximate surface area is 178 Å². The molecule has 5 nitrogen and oxygen atoms in total. The maximum atomic E-state index is 13.6. The molecule has 30 heavy (non-hydrogen) atoms. The number of anilines is 1. The van der Waals surface area contributed by atoms with Crippen molar-refractivity contribution in [2.45, 2.75) is 56.4 Å². The van der Waals surface area contributed by atoms with Gasteiger partial charge in [0.25, 0.3) is 5.91 Å². The number of para-hydroxylation sites is 1. The highest BCUT2D eigenvalue weighted by atomic mass is 16.5. The lowest BCUT2D eigenvalue weighted by atomic mass is 9.73. The van der Waals surface area contributed by atoms with Gasteiger partial charge in [-0.1, -0.05) is 61.7 Å². The Bertz CT molecular complexity index is 869. The van der Waals surface area contributed by atoms with Gasteiger partial charge in [0.1, 0.15) is 0 Å². The number of nitrogens with one attached hydrogen (secondary N) is 2. The first-order chi connectivity index (χ1) is 14.7. The smallest absolute Gasteiger partial charge is 0.253 e. The Kier molecular flexibility index (Phi) is 6.48. The number of hydrogen-bond donors (Lipinski definition) is 2. The molecular weight excluding hydrogens is 376 g/mol. The summed E-state index contributed by atoms with van der Waals surface area (Å²) in [6, 6.07) is 17.4. The zero-order valence-corrected chi connectivity index (χ0v) is 17.4. The van der Waals surface area contributed by atoms with Crippen molar-refractivity contribution in [2.75, 3.05) is 18.5 Å². The quantitative estimate of drug-likeness (QED) is 0.772. The summed E-state index contributed by atoms with van der Waals surface area (Å²) in [6.45, 7) is 1.10. The molecule has 2 aliphatic rings. The monoisotopic (exact) mass is 406 g/mol. The predicted octanol–water partition coefficient (Wildman–Crippen LogP) is 4.44. The molecular formula is C25H30N2O3. The van der Waals surface area contributed by atoms with E-state index in [0.717, 1.165) is 31.2 Å². The van der Waals surface area contributed by atoms with Gasteiger partial charge in [0.05, 0.1) is 16.7 Å². The van der Waals surface area contributed by atoms with Crippen LogP contribution >= 0.6 is 0 Å². The predicted molar refractivity (Wildman–Crippen MR) is 118 cm³/mol. The second kappa shape index (κ2) is 9.43. The first-order valence-corrected chi connectivity index (χ1v) is 11.0. The maximum Gasteiger partial charge on any atom is 0.253 e. The van der Waals surface area contributed by atoms with Crippen molar-refractivity contribution in [1.82, 2.24) is 5.32 Å². The molecule has 2 N–H and O–H groups in total. The largest absolute Gasteiger partial charge is 0.381 e. The van der Waals surface area contributed by atoms with Crippen LogP contribution in [0.25, 0.3) is 0 Å². The third-order valence-electron chi connectivity index (χ3n) is 6.47. The summed E-state index contributed by atoms with van der Waals surface area (Å²) in [5.41, 5.74) is 1.44. The van der Waals surface area contributed by atoms with Crippen molar-refractivity contribution < 1.29 is 14.3 Å². The molecule has 0 unspecified atom stereocenters. The van der Waals surface area contributed by atoms with Crippen molar-refractivity contribution in [3.63, 3.8) is 0 Å². The number of carbonyl (C=O) groups excluding carboxylic acids is 2. The standard InChI is InChI=1S/C25H30N2O3/c28-23(26-20-11-5-2-6-12-20)21-13-7-8-14-22(21)27-24(29)25(15-17-30-18-16-25)19-9-3-1-4-10-19/h1,3-4,7-10,13-14,20H,2,5-6,11-12,15-18H2,(H,26,28)(H,27,29). The van der Waals surface area contributed by atoms with Gasteiger partial charge in [-0.15, -0.1) is 0 Å². The molecule has 2 aromatic carbocycles. The molecule has 0 aromatic heterocycles. The van der Waals surface area contributed by atoms with E-state index in [4.69, 9.17) is 4.74 Å². The molecule has 0 radical (unpaired) electrons. The van der Waals surface area contributed by atoms with Gasteiger partial charge >= 0.3 is 0 Å². The topological polar surface area (TPSA) is 67.4 Å². The first-order valence-electron chi connectivity index (χ1n) is 11.0. The fraction of sp³-hybridized carbons (Fsp3) is 0.440. The van der Waals surface area contributed by atoms with E-state index >= 15 is 0 Å². The summed E-state index contributed by atoms with van der Waals surface area (Å²) in [7, 11) is 0. The van der Waals surface area contributed by atoms with Crippen LogP contribution in [0, 0.1) is 0 Å². The van der Waals surface area contributed by atoms with Crippen LogP contribution in [0.1, 0.15) is 60.9 Å². The second-order valence-corrected chi connectivity index (χ2v) is 8.37. The lowest BCUT2D eigenvalue weighted by Gasteiger charge is -2.36. The van der Waals surface area contributed by atoms with Gasteiger partial charge in [0, 0.05) is 19.3 Å². The molecule has 4 rings (SSSR count). The van der Waals surface area contributed by atoms with Crippen LogP contribution in [0.3, 0.4) is 0 Å². The summed E-state index contributed by atoms with van der Waals surface area (Å²) in [4.78, 5) is 26.5. The van der Waals surface area contributed by atoms with E-state index in [1.165, 1.54) is 6.42 Å². The first kappa shape index (κ1) is 20.6. The molecule has 158 valence electrons.